The predicted molar refractivity (Wildman–Crippen MR) is 163 cm³/mol. The lowest BCUT2D eigenvalue weighted by molar-refractivity contribution is -0.280. The van der Waals surface area contributed by atoms with Crippen LogP contribution in [0.2, 0.25) is 0 Å². The van der Waals surface area contributed by atoms with Gasteiger partial charge in [0.05, 0.1) is 36.6 Å². The highest BCUT2D eigenvalue weighted by molar-refractivity contribution is 7.80. The summed E-state index contributed by atoms with van der Waals surface area (Å²) in [6.45, 7) is 9.22. The normalized spacial score (nSPS) is 49.3. The van der Waals surface area contributed by atoms with Gasteiger partial charge in [0.1, 0.15) is 24.4 Å². The summed E-state index contributed by atoms with van der Waals surface area (Å²) in [7, 11) is -5.04. The van der Waals surface area contributed by atoms with Gasteiger partial charge in [0, 0.05) is 12.3 Å². The number of aliphatic hydroxyl groups is 7. The fraction of sp³-hybridized carbons (Fsp3) is 0.875. The summed E-state index contributed by atoms with van der Waals surface area (Å²) in [6, 6.07) is 0. The van der Waals surface area contributed by atoms with Gasteiger partial charge in [0.15, 0.2) is 6.29 Å². The molecular formula is C32H52O13S. The number of hydrogen-bond donors (Lipinski definition) is 8. The number of hydrogen-bond acceptors (Lipinski definition) is 12. The summed E-state index contributed by atoms with van der Waals surface area (Å²) in [4.78, 5) is 0. The molecule has 0 amide bonds. The van der Waals surface area contributed by atoms with Crippen LogP contribution in [-0.2, 0) is 24.1 Å². The Kier molecular flexibility index (Phi) is 10.0. The second-order valence-corrected chi connectivity index (χ2v) is 16.3. The lowest BCUT2D eigenvalue weighted by Gasteiger charge is -2.64. The van der Waals surface area contributed by atoms with Gasteiger partial charge in [0.2, 0.25) is 0 Å². The van der Waals surface area contributed by atoms with Crippen molar-refractivity contribution < 1.29 is 62.4 Å². The monoisotopic (exact) mass is 676 g/mol. The zero-order chi connectivity index (χ0) is 34.1. The van der Waals surface area contributed by atoms with E-state index >= 15 is 0 Å². The smallest absolute Gasteiger partial charge is 0.390 e. The van der Waals surface area contributed by atoms with E-state index in [1.807, 2.05) is 34.6 Å². The van der Waals surface area contributed by atoms with Gasteiger partial charge in [-0.15, -0.1) is 0 Å². The molecule has 4 fully saturated rings. The molecule has 13 nitrogen and oxygen atoms in total. The SMILES string of the molecule is CC(C)C(O)/C=C/[C@@H](C)[C@H]1C(O)C(OS(=O)(=O)O)[C@@H]2[C@]1(C)CC[C@H]1[C@@]2(O)CC(O)C2=C[C@@H](O[C@@H]3OC[C@@H](O)[C@H](O)[C@H]3O)CC[C@@]21C. The van der Waals surface area contributed by atoms with Crippen molar-refractivity contribution in [3.63, 3.8) is 0 Å². The Bertz CT molecular complexity index is 1290. The minimum atomic E-state index is -5.04. The minimum Gasteiger partial charge on any atom is -0.390 e. The molecule has 16 atom stereocenters. The van der Waals surface area contributed by atoms with Gasteiger partial charge in [-0.05, 0) is 65.8 Å². The van der Waals surface area contributed by atoms with Crippen molar-refractivity contribution in [1.82, 2.24) is 0 Å². The Morgan fingerprint density at radius 3 is 2.30 bits per heavy atom. The van der Waals surface area contributed by atoms with Gasteiger partial charge in [-0.2, -0.15) is 8.42 Å². The summed E-state index contributed by atoms with van der Waals surface area (Å²) < 4.78 is 50.6. The fourth-order valence-electron chi connectivity index (χ4n) is 9.93. The highest BCUT2D eigenvalue weighted by Crippen LogP contribution is 2.69. The molecule has 0 bridgehead atoms. The first-order valence-electron chi connectivity index (χ1n) is 16.4. The van der Waals surface area contributed by atoms with Crippen LogP contribution >= 0.6 is 0 Å². The Balaban J connectivity index is 1.47. The van der Waals surface area contributed by atoms with Gasteiger partial charge in [-0.25, -0.2) is 4.18 Å². The lowest BCUT2D eigenvalue weighted by atomic mass is 9.43. The zero-order valence-electron chi connectivity index (χ0n) is 27.1. The van der Waals surface area contributed by atoms with Crippen molar-refractivity contribution in [3.8, 4) is 0 Å². The van der Waals surface area contributed by atoms with Crippen molar-refractivity contribution >= 4 is 10.4 Å². The number of aliphatic hydroxyl groups excluding tert-OH is 6. The number of allylic oxidation sites excluding steroid dienone is 1. The first kappa shape index (κ1) is 36.3. The van der Waals surface area contributed by atoms with E-state index in [4.69, 9.17) is 13.7 Å². The summed E-state index contributed by atoms with van der Waals surface area (Å²) in [6.07, 6.45) is -3.83. The molecule has 0 aromatic carbocycles. The number of rotatable bonds is 8. The summed E-state index contributed by atoms with van der Waals surface area (Å²) >= 11 is 0. The van der Waals surface area contributed by atoms with Crippen molar-refractivity contribution in [3.05, 3.63) is 23.8 Å². The van der Waals surface area contributed by atoms with Gasteiger partial charge in [-0.3, -0.25) is 4.55 Å². The predicted octanol–water partition coefficient (Wildman–Crippen LogP) is 0.453. The molecular weight excluding hydrogens is 624 g/mol. The van der Waals surface area contributed by atoms with Crippen LogP contribution in [0.1, 0.15) is 66.7 Å². The molecule has 0 spiro atoms. The molecule has 4 unspecified atom stereocenters. The van der Waals surface area contributed by atoms with Crippen molar-refractivity contribution in [2.75, 3.05) is 6.61 Å². The summed E-state index contributed by atoms with van der Waals surface area (Å²) in [5, 5.41) is 76.7. The Labute approximate surface area is 270 Å². The van der Waals surface area contributed by atoms with Gasteiger partial charge in [-0.1, -0.05) is 52.8 Å². The minimum absolute atomic E-state index is 0.0426. The maximum absolute atomic E-state index is 12.7. The Hall–Kier alpha value is -1.01. The van der Waals surface area contributed by atoms with E-state index < -0.39 is 99.7 Å². The molecule has 14 heteroatoms. The van der Waals surface area contributed by atoms with E-state index in [1.54, 1.807) is 18.2 Å². The third kappa shape index (κ3) is 6.15. The molecule has 0 aromatic heterocycles. The van der Waals surface area contributed by atoms with Crippen LogP contribution in [0.15, 0.2) is 23.8 Å². The van der Waals surface area contributed by atoms with Crippen LogP contribution in [0.3, 0.4) is 0 Å². The van der Waals surface area contributed by atoms with Gasteiger partial charge >= 0.3 is 10.4 Å². The van der Waals surface area contributed by atoms with Gasteiger partial charge in [0.25, 0.3) is 0 Å². The molecule has 1 aliphatic heterocycles. The quantitative estimate of drug-likeness (QED) is 0.129. The third-order valence-corrected chi connectivity index (χ3v) is 12.6. The van der Waals surface area contributed by atoms with E-state index in [-0.39, 0.29) is 24.9 Å². The molecule has 264 valence electrons. The first-order valence-corrected chi connectivity index (χ1v) is 17.7. The number of fused-ring (bicyclic) bond motifs is 5. The molecule has 0 radical (unpaired) electrons. The molecule has 8 N–H and O–H groups in total. The van der Waals surface area contributed by atoms with Crippen molar-refractivity contribution in [1.29, 1.82) is 0 Å². The van der Waals surface area contributed by atoms with Crippen LogP contribution < -0.4 is 0 Å². The van der Waals surface area contributed by atoms with Crippen molar-refractivity contribution in [2.45, 2.75) is 127 Å². The van der Waals surface area contributed by atoms with E-state index in [0.29, 0.717) is 31.3 Å². The molecule has 5 aliphatic rings. The zero-order valence-corrected chi connectivity index (χ0v) is 27.9. The maximum atomic E-state index is 12.7. The third-order valence-electron chi connectivity index (χ3n) is 12.1. The van der Waals surface area contributed by atoms with Crippen LogP contribution in [-0.4, -0.2) is 116 Å². The van der Waals surface area contributed by atoms with Gasteiger partial charge < -0.3 is 45.2 Å². The Morgan fingerprint density at radius 2 is 1.67 bits per heavy atom. The fourth-order valence-corrected chi connectivity index (χ4v) is 10.4. The summed E-state index contributed by atoms with van der Waals surface area (Å²) in [5.41, 5.74) is -2.69. The standard InChI is InChI=1S/C32H52O13S/c1-15(2)19(33)7-6-16(3)23-25(37)27(45-46(40,41)42)28-31(23,5)11-9-22-30(4)10-8-17(12-18(30)20(34)13-32(22,28)39)44-29-26(38)24(36)21(35)14-43-29/h6-7,12,15-17,19-29,33-39H,8-11,13-14H2,1-5H3,(H,40,41,42)/b7-6+/t16-,17+,19?,20?,21-,22-,23+,24+,25?,26-,27?,28-,29+,30+,31-,32+/m1/s1. The van der Waals surface area contributed by atoms with Crippen LogP contribution in [0.5, 0.6) is 0 Å². The van der Waals surface area contributed by atoms with E-state index in [1.165, 1.54) is 0 Å². The highest BCUT2D eigenvalue weighted by Gasteiger charge is 2.73. The molecule has 0 aromatic rings. The maximum Gasteiger partial charge on any atom is 0.397 e. The first-order chi connectivity index (χ1) is 21.2. The second-order valence-electron chi connectivity index (χ2n) is 15.3. The van der Waals surface area contributed by atoms with Crippen LogP contribution in [0.25, 0.3) is 0 Å². The highest BCUT2D eigenvalue weighted by atomic mass is 32.3. The van der Waals surface area contributed by atoms with Crippen LogP contribution in [0.4, 0.5) is 0 Å². The average Bonchev–Trinajstić information content (AvgIpc) is 3.17. The largest absolute Gasteiger partial charge is 0.397 e. The van der Waals surface area contributed by atoms with E-state index in [9.17, 15) is 48.7 Å². The lowest BCUT2D eigenvalue weighted by Crippen LogP contribution is -2.66. The molecule has 4 aliphatic carbocycles. The van der Waals surface area contributed by atoms with E-state index in [2.05, 4.69) is 0 Å². The molecule has 5 rings (SSSR count). The molecule has 3 saturated carbocycles. The summed E-state index contributed by atoms with van der Waals surface area (Å²) in [5.74, 6) is -2.47. The molecule has 1 saturated heterocycles. The molecule has 1 heterocycles. The van der Waals surface area contributed by atoms with Crippen molar-refractivity contribution in [2.24, 2.45) is 40.4 Å². The second kappa shape index (κ2) is 12.7. The molecule has 46 heavy (non-hydrogen) atoms. The van der Waals surface area contributed by atoms with Crippen LogP contribution in [0, 0.1) is 40.4 Å². The topological polar surface area (TPSA) is 224 Å². The number of ether oxygens (including phenoxy) is 2. The van der Waals surface area contributed by atoms with E-state index in [0.717, 1.165) is 0 Å². The average molecular weight is 677 g/mol. The Morgan fingerprint density at radius 1 is 1.00 bits per heavy atom.